The van der Waals surface area contributed by atoms with Crippen LogP contribution >= 0.6 is 11.3 Å². The summed E-state index contributed by atoms with van der Waals surface area (Å²) >= 11 is 1.69. The highest BCUT2D eigenvalue weighted by atomic mass is 32.1. The van der Waals surface area contributed by atoms with Gasteiger partial charge < -0.3 is 24.8 Å². The second-order valence-electron chi connectivity index (χ2n) is 7.21. The molecule has 0 radical (unpaired) electrons. The standard InChI is InChI=1S/C20H30N4O3S/c1-20(2,3)18-24-14(12-28-18)11-23-19(21-4)22-10-13-8-15(25-5)17(27-7)16(9-13)26-6/h8-9,12H,10-11H2,1-7H3,(H2,21,22,23). The molecule has 0 aliphatic heterocycles. The lowest BCUT2D eigenvalue weighted by Crippen LogP contribution is -2.36. The highest BCUT2D eigenvalue weighted by molar-refractivity contribution is 7.09. The van der Waals surface area contributed by atoms with Gasteiger partial charge >= 0.3 is 0 Å². The van der Waals surface area contributed by atoms with Crippen molar-refractivity contribution in [3.63, 3.8) is 0 Å². The van der Waals surface area contributed by atoms with Crippen molar-refractivity contribution in [1.82, 2.24) is 15.6 Å². The Balaban J connectivity index is 1.99. The molecule has 1 heterocycles. The Kier molecular flexibility index (Phi) is 7.51. The van der Waals surface area contributed by atoms with E-state index in [1.165, 1.54) is 0 Å². The van der Waals surface area contributed by atoms with Gasteiger partial charge in [0.05, 0.1) is 38.6 Å². The smallest absolute Gasteiger partial charge is 0.203 e. The number of benzene rings is 1. The maximum Gasteiger partial charge on any atom is 0.203 e. The summed E-state index contributed by atoms with van der Waals surface area (Å²) in [4.78, 5) is 8.97. The van der Waals surface area contributed by atoms with Crippen LogP contribution in [0.3, 0.4) is 0 Å². The molecule has 0 atom stereocenters. The summed E-state index contributed by atoms with van der Waals surface area (Å²) in [5.74, 6) is 2.52. The third kappa shape index (κ3) is 5.51. The van der Waals surface area contributed by atoms with Gasteiger partial charge in [0, 0.05) is 24.4 Å². The topological polar surface area (TPSA) is 77.0 Å². The molecule has 0 fully saturated rings. The first-order chi connectivity index (χ1) is 13.3. The zero-order valence-corrected chi connectivity index (χ0v) is 18.5. The SMILES string of the molecule is CN=C(NCc1cc(OC)c(OC)c(OC)c1)NCc1csc(C(C)(C)C)n1. The predicted octanol–water partition coefficient (Wildman–Crippen LogP) is 3.33. The van der Waals surface area contributed by atoms with E-state index in [9.17, 15) is 0 Å². The molecule has 154 valence electrons. The first-order valence-corrected chi connectivity index (χ1v) is 9.88. The fourth-order valence-corrected chi connectivity index (χ4v) is 3.46. The van der Waals surface area contributed by atoms with Crippen molar-refractivity contribution in [2.45, 2.75) is 39.3 Å². The van der Waals surface area contributed by atoms with E-state index in [4.69, 9.17) is 19.2 Å². The summed E-state index contributed by atoms with van der Waals surface area (Å²) in [6, 6.07) is 3.83. The largest absolute Gasteiger partial charge is 0.493 e. The summed E-state index contributed by atoms with van der Waals surface area (Å²) < 4.78 is 16.2. The molecule has 0 bridgehead atoms. The summed E-state index contributed by atoms with van der Waals surface area (Å²) in [7, 11) is 6.54. The van der Waals surface area contributed by atoms with Crippen LogP contribution in [-0.2, 0) is 18.5 Å². The average molecular weight is 407 g/mol. The molecule has 7 nitrogen and oxygen atoms in total. The lowest BCUT2D eigenvalue weighted by atomic mass is 9.98. The van der Waals surface area contributed by atoms with E-state index < -0.39 is 0 Å². The van der Waals surface area contributed by atoms with E-state index >= 15 is 0 Å². The molecule has 0 aliphatic rings. The van der Waals surface area contributed by atoms with Crippen molar-refractivity contribution in [2.24, 2.45) is 4.99 Å². The van der Waals surface area contributed by atoms with Crippen molar-refractivity contribution >= 4 is 17.3 Å². The molecule has 0 amide bonds. The minimum absolute atomic E-state index is 0.0648. The fourth-order valence-electron chi connectivity index (χ4n) is 2.55. The monoisotopic (exact) mass is 406 g/mol. The first-order valence-electron chi connectivity index (χ1n) is 9.00. The van der Waals surface area contributed by atoms with Gasteiger partial charge in [-0.3, -0.25) is 4.99 Å². The molecule has 8 heteroatoms. The molecule has 2 aromatic rings. The van der Waals surface area contributed by atoms with Crippen molar-refractivity contribution in [3.05, 3.63) is 33.8 Å². The Labute approximate surface area is 171 Å². The number of rotatable bonds is 7. The molecule has 0 unspecified atom stereocenters. The van der Waals surface area contributed by atoms with Crippen LogP contribution < -0.4 is 24.8 Å². The van der Waals surface area contributed by atoms with E-state index in [1.54, 1.807) is 39.7 Å². The second-order valence-corrected chi connectivity index (χ2v) is 8.07. The summed E-state index contributed by atoms with van der Waals surface area (Å²) in [5.41, 5.74) is 2.06. The zero-order chi connectivity index (χ0) is 20.7. The van der Waals surface area contributed by atoms with Gasteiger partial charge in [-0.25, -0.2) is 4.98 Å². The number of nitrogens with zero attached hydrogens (tertiary/aromatic N) is 2. The van der Waals surface area contributed by atoms with Crippen LogP contribution in [0, 0.1) is 0 Å². The number of aromatic nitrogens is 1. The van der Waals surface area contributed by atoms with Gasteiger partial charge in [-0.2, -0.15) is 0 Å². The molecule has 2 N–H and O–H groups in total. The Morgan fingerprint density at radius 3 is 2.11 bits per heavy atom. The molecule has 0 saturated heterocycles. The number of methoxy groups -OCH3 is 3. The van der Waals surface area contributed by atoms with Crippen LogP contribution in [0.4, 0.5) is 0 Å². The normalized spacial score (nSPS) is 11.9. The summed E-state index contributed by atoms with van der Waals surface area (Å²) in [6.45, 7) is 7.67. The number of hydrogen-bond acceptors (Lipinski definition) is 6. The summed E-state index contributed by atoms with van der Waals surface area (Å²) in [5, 5.41) is 9.80. The van der Waals surface area contributed by atoms with Gasteiger partial charge in [0.2, 0.25) is 5.75 Å². The quantitative estimate of drug-likeness (QED) is 0.543. The van der Waals surface area contributed by atoms with Gasteiger partial charge in [0.25, 0.3) is 0 Å². The van der Waals surface area contributed by atoms with Crippen molar-refractivity contribution in [3.8, 4) is 17.2 Å². The van der Waals surface area contributed by atoms with Gasteiger partial charge in [-0.05, 0) is 17.7 Å². The third-order valence-corrected chi connectivity index (χ3v) is 5.36. The number of aliphatic imine (C=N–C) groups is 1. The molecule has 0 spiro atoms. The molecule has 1 aromatic carbocycles. The van der Waals surface area contributed by atoms with E-state index in [0.29, 0.717) is 36.3 Å². The van der Waals surface area contributed by atoms with Crippen LogP contribution in [0.1, 0.15) is 37.0 Å². The van der Waals surface area contributed by atoms with E-state index in [2.05, 4.69) is 41.8 Å². The first kappa shape index (κ1) is 21.8. The van der Waals surface area contributed by atoms with Gasteiger partial charge in [-0.15, -0.1) is 11.3 Å². The highest BCUT2D eigenvalue weighted by Gasteiger charge is 2.18. The highest BCUT2D eigenvalue weighted by Crippen LogP contribution is 2.38. The van der Waals surface area contributed by atoms with Gasteiger partial charge in [0.1, 0.15) is 0 Å². The van der Waals surface area contributed by atoms with Crippen LogP contribution in [0.5, 0.6) is 17.2 Å². The number of hydrogen-bond donors (Lipinski definition) is 2. The minimum Gasteiger partial charge on any atom is -0.493 e. The number of nitrogens with one attached hydrogen (secondary N) is 2. The van der Waals surface area contributed by atoms with Gasteiger partial charge in [-0.1, -0.05) is 20.8 Å². The minimum atomic E-state index is 0.0648. The maximum atomic E-state index is 5.40. The molecule has 0 saturated carbocycles. The van der Waals surface area contributed by atoms with Crippen LogP contribution in [-0.4, -0.2) is 39.3 Å². The van der Waals surface area contributed by atoms with Crippen molar-refractivity contribution in [1.29, 1.82) is 0 Å². The van der Waals surface area contributed by atoms with Crippen LogP contribution in [0.15, 0.2) is 22.5 Å². The third-order valence-electron chi connectivity index (χ3n) is 4.04. The Hall–Kier alpha value is -2.48. The second kappa shape index (κ2) is 9.64. The lowest BCUT2D eigenvalue weighted by molar-refractivity contribution is 0.323. The Morgan fingerprint density at radius 2 is 1.64 bits per heavy atom. The lowest BCUT2D eigenvalue weighted by Gasteiger charge is -2.16. The summed E-state index contributed by atoms with van der Waals surface area (Å²) in [6.07, 6.45) is 0. The van der Waals surface area contributed by atoms with Crippen LogP contribution in [0.25, 0.3) is 0 Å². The molecule has 2 rings (SSSR count). The van der Waals surface area contributed by atoms with E-state index in [1.807, 2.05) is 12.1 Å². The van der Waals surface area contributed by atoms with E-state index in [-0.39, 0.29) is 5.41 Å². The number of guanidine groups is 1. The molecular weight excluding hydrogens is 376 g/mol. The number of ether oxygens (including phenoxy) is 3. The molecular formula is C20H30N4O3S. The van der Waals surface area contributed by atoms with Crippen molar-refractivity contribution in [2.75, 3.05) is 28.4 Å². The van der Waals surface area contributed by atoms with Gasteiger partial charge in [0.15, 0.2) is 17.5 Å². The molecule has 28 heavy (non-hydrogen) atoms. The molecule has 1 aromatic heterocycles. The maximum absolute atomic E-state index is 5.40. The van der Waals surface area contributed by atoms with E-state index in [0.717, 1.165) is 16.3 Å². The molecule has 0 aliphatic carbocycles. The zero-order valence-electron chi connectivity index (χ0n) is 17.7. The number of thiazole rings is 1. The Bertz CT molecular complexity index is 787. The average Bonchev–Trinajstić information content (AvgIpc) is 3.16. The fraction of sp³-hybridized carbons (Fsp3) is 0.500. The Morgan fingerprint density at radius 1 is 1.04 bits per heavy atom. The predicted molar refractivity (Wildman–Crippen MR) is 114 cm³/mol. The van der Waals surface area contributed by atoms with Crippen molar-refractivity contribution < 1.29 is 14.2 Å². The van der Waals surface area contributed by atoms with Crippen LogP contribution in [0.2, 0.25) is 0 Å².